The van der Waals surface area contributed by atoms with Crippen molar-refractivity contribution in [3.63, 3.8) is 0 Å². The van der Waals surface area contributed by atoms with Crippen molar-refractivity contribution in [2.24, 2.45) is 0 Å². The number of pyridine rings is 1. The van der Waals surface area contributed by atoms with Gasteiger partial charge in [-0.2, -0.15) is 0 Å². The van der Waals surface area contributed by atoms with Crippen LogP contribution in [0.15, 0.2) is 60.0 Å². The summed E-state index contributed by atoms with van der Waals surface area (Å²) < 4.78 is 0. The molecule has 2 amide bonds. The van der Waals surface area contributed by atoms with E-state index >= 15 is 0 Å². The van der Waals surface area contributed by atoms with Crippen LogP contribution in [0.1, 0.15) is 28.0 Å². The monoisotopic (exact) mass is 408 g/mol. The van der Waals surface area contributed by atoms with Gasteiger partial charge in [0, 0.05) is 23.6 Å². The van der Waals surface area contributed by atoms with E-state index in [0.717, 1.165) is 11.4 Å². The maximum Gasteiger partial charge on any atom is 0.265 e. The molecule has 1 atom stereocenters. The maximum absolute atomic E-state index is 12.6. The lowest BCUT2D eigenvalue weighted by Gasteiger charge is -2.23. The van der Waals surface area contributed by atoms with E-state index in [0.29, 0.717) is 22.8 Å². The minimum absolute atomic E-state index is 0.101. The van der Waals surface area contributed by atoms with Crippen molar-refractivity contribution in [1.29, 1.82) is 0 Å². The molecule has 0 aliphatic carbocycles. The molecule has 3 aromatic rings. The summed E-state index contributed by atoms with van der Waals surface area (Å²) in [7, 11) is 1.90. The summed E-state index contributed by atoms with van der Waals surface area (Å²) >= 11 is 1.39. The van der Waals surface area contributed by atoms with Gasteiger partial charge in [0.15, 0.2) is 0 Å². The third kappa shape index (κ3) is 5.73. The standard InChI is InChI=1S/C22H24N4O2S/c1-15-6-4-7-19(23-15)14-26(3)16(2)21(27)24-17-9-11-18(12-10-17)25-22(28)20-8-5-13-29-20/h4-13,16H,14H2,1-3H3,(H,24,27)(H,25,28)/t16-/m0/s1. The van der Waals surface area contributed by atoms with Crippen LogP contribution in [0.3, 0.4) is 0 Å². The Kier molecular flexibility index (Phi) is 6.74. The van der Waals surface area contributed by atoms with Crippen molar-refractivity contribution < 1.29 is 9.59 Å². The average Bonchev–Trinajstić information content (AvgIpc) is 3.24. The lowest BCUT2D eigenvalue weighted by molar-refractivity contribution is -0.120. The van der Waals surface area contributed by atoms with Gasteiger partial charge in [-0.25, -0.2) is 0 Å². The van der Waals surface area contributed by atoms with Crippen LogP contribution in [0.5, 0.6) is 0 Å². The summed E-state index contributed by atoms with van der Waals surface area (Å²) in [5.41, 5.74) is 3.24. The molecule has 0 spiro atoms. The SMILES string of the molecule is Cc1cccc(CN(C)[C@@H](C)C(=O)Nc2ccc(NC(=O)c3cccs3)cc2)n1. The fourth-order valence-electron chi connectivity index (χ4n) is 2.76. The molecule has 0 saturated heterocycles. The van der Waals surface area contributed by atoms with Crippen molar-refractivity contribution in [3.05, 3.63) is 76.2 Å². The van der Waals surface area contributed by atoms with Crippen LogP contribution in [-0.4, -0.2) is 34.8 Å². The quantitative estimate of drug-likeness (QED) is 0.616. The summed E-state index contributed by atoms with van der Waals surface area (Å²) in [4.78, 5) is 31.8. The van der Waals surface area contributed by atoms with E-state index in [-0.39, 0.29) is 17.9 Å². The second kappa shape index (κ2) is 9.45. The van der Waals surface area contributed by atoms with Gasteiger partial charge in [0.25, 0.3) is 5.91 Å². The van der Waals surface area contributed by atoms with Crippen LogP contribution in [0.2, 0.25) is 0 Å². The predicted molar refractivity (Wildman–Crippen MR) is 117 cm³/mol. The molecule has 0 unspecified atom stereocenters. The number of benzene rings is 1. The highest BCUT2D eigenvalue weighted by atomic mass is 32.1. The van der Waals surface area contributed by atoms with E-state index in [2.05, 4.69) is 15.6 Å². The molecule has 0 fully saturated rings. The number of rotatable bonds is 7. The summed E-state index contributed by atoms with van der Waals surface area (Å²) in [5.74, 6) is -0.243. The fourth-order valence-corrected chi connectivity index (χ4v) is 3.38. The Balaban J connectivity index is 1.54. The van der Waals surface area contributed by atoms with Crippen LogP contribution >= 0.6 is 11.3 Å². The molecule has 29 heavy (non-hydrogen) atoms. The van der Waals surface area contributed by atoms with Crippen LogP contribution < -0.4 is 10.6 Å². The number of anilines is 2. The lowest BCUT2D eigenvalue weighted by atomic mass is 10.2. The highest BCUT2D eigenvalue weighted by molar-refractivity contribution is 7.12. The van der Waals surface area contributed by atoms with Crippen molar-refractivity contribution in [2.75, 3.05) is 17.7 Å². The van der Waals surface area contributed by atoms with Crippen LogP contribution in [-0.2, 0) is 11.3 Å². The Labute approximate surface area is 174 Å². The highest BCUT2D eigenvalue weighted by Gasteiger charge is 2.19. The number of aromatic nitrogens is 1. The third-order valence-corrected chi connectivity index (χ3v) is 5.42. The fraction of sp³-hybridized carbons (Fsp3) is 0.227. The van der Waals surface area contributed by atoms with Crippen LogP contribution in [0, 0.1) is 6.92 Å². The van der Waals surface area contributed by atoms with Crippen LogP contribution in [0.25, 0.3) is 0 Å². The van der Waals surface area contributed by atoms with E-state index in [1.807, 2.05) is 55.4 Å². The van der Waals surface area contributed by atoms with Gasteiger partial charge in [0.2, 0.25) is 5.91 Å². The molecule has 0 aliphatic rings. The zero-order chi connectivity index (χ0) is 20.8. The number of carbonyl (C=O) groups is 2. The number of likely N-dealkylation sites (N-methyl/N-ethyl adjacent to an activating group) is 1. The second-order valence-corrected chi connectivity index (χ2v) is 7.81. The highest BCUT2D eigenvalue weighted by Crippen LogP contribution is 2.17. The van der Waals surface area contributed by atoms with Gasteiger partial charge in [-0.3, -0.25) is 19.5 Å². The maximum atomic E-state index is 12.6. The molecule has 1 aromatic carbocycles. The smallest absolute Gasteiger partial charge is 0.265 e. The summed E-state index contributed by atoms with van der Waals surface area (Å²) in [6.45, 7) is 4.40. The van der Waals surface area contributed by atoms with Gasteiger partial charge in [-0.15, -0.1) is 11.3 Å². The Morgan fingerprint density at radius 1 is 1.03 bits per heavy atom. The molecular formula is C22H24N4O2S. The Hall–Kier alpha value is -3.03. The molecule has 0 bridgehead atoms. The molecule has 0 aliphatic heterocycles. The number of nitrogens with one attached hydrogen (secondary N) is 2. The number of hydrogen-bond acceptors (Lipinski definition) is 5. The Bertz CT molecular complexity index is 971. The number of aryl methyl sites for hydroxylation is 1. The number of thiophene rings is 1. The number of hydrogen-bond donors (Lipinski definition) is 2. The van der Waals surface area contributed by atoms with Gasteiger partial charge in [-0.1, -0.05) is 12.1 Å². The van der Waals surface area contributed by atoms with E-state index in [1.54, 1.807) is 30.3 Å². The van der Waals surface area contributed by atoms with Crippen molar-refractivity contribution >= 4 is 34.5 Å². The molecule has 2 aromatic heterocycles. The normalized spacial score (nSPS) is 11.9. The first-order valence-electron chi connectivity index (χ1n) is 9.31. The molecule has 0 saturated carbocycles. The molecular weight excluding hydrogens is 384 g/mol. The number of nitrogens with zero attached hydrogens (tertiary/aromatic N) is 2. The third-order valence-electron chi connectivity index (χ3n) is 4.55. The molecule has 0 radical (unpaired) electrons. The minimum Gasteiger partial charge on any atom is -0.325 e. The molecule has 2 heterocycles. The first kappa shape index (κ1) is 20.7. The molecule has 7 heteroatoms. The van der Waals surface area contributed by atoms with Gasteiger partial charge in [0.05, 0.1) is 16.6 Å². The van der Waals surface area contributed by atoms with E-state index in [4.69, 9.17) is 0 Å². The van der Waals surface area contributed by atoms with Gasteiger partial charge in [-0.05, 0) is 68.7 Å². The summed E-state index contributed by atoms with van der Waals surface area (Å²) in [6.07, 6.45) is 0. The topological polar surface area (TPSA) is 74.3 Å². The zero-order valence-electron chi connectivity index (χ0n) is 16.7. The molecule has 6 nitrogen and oxygen atoms in total. The average molecular weight is 409 g/mol. The molecule has 150 valence electrons. The molecule has 2 N–H and O–H groups in total. The van der Waals surface area contributed by atoms with E-state index in [9.17, 15) is 9.59 Å². The zero-order valence-corrected chi connectivity index (χ0v) is 17.5. The van der Waals surface area contributed by atoms with Gasteiger partial charge < -0.3 is 10.6 Å². The van der Waals surface area contributed by atoms with E-state index < -0.39 is 0 Å². The van der Waals surface area contributed by atoms with Crippen molar-refractivity contribution in [3.8, 4) is 0 Å². The number of amides is 2. The first-order valence-corrected chi connectivity index (χ1v) is 10.2. The summed E-state index contributed by atoms with van der Waals surface area (Å²) in [6, 6.07) is 16.3. The van der Waals surface area contributed by atoms with Crippen molar-refractivity contribution in [1.82, 2.24) is 9.88 Å². The second-order valence-electron chi connectivity index (χ2n) is 6.86. The minimum atomic E-state index is -0.324. The number of carbonyl (C=O) groups excluding carboxylic acids is 2. The summed E-state index contributed by atoms with van der Waals surface area (Å²) in [5, 5.41) is 7.62. The Morgan fingerprint density at radius 2 is 1.72 bits per heavy atom. The largest absolute Gasteiger partial charge is 0.325 e. The molecule has 3 rings (SSSR count). The van der Waals surface area contributed by atoms with Gasteiger partial charge >= 0.3 is 0 Å². The predicted octanol–water partition coefficient (Wildman–Crippen LogP) is 4.16. The van der Waals surface area contributed by atoms with Crippen molar-refractivity contribution in [2.45, 2.75) is 26.4 Å². The lowest BCUT2D eigenvalue weighted by Crippen LogP contribution is -2.39. The van der Waals surface area contributed by atoms with Gasteiger partial charge in [0.1, 0.15) is 0 Å². The van der Waals surface area contributed by atoms with Crippen LogP contribution in [0.4, 0.5) is 11.4 Å². The Morgan fingerprint density at radius 3 is 2.34 bits per heavy atom. The van der Waals surface area contributed by atoms with E-state index in [1.165, 1.54) is 11.3 Å². The first-order chi connectivity index (χ1) is 13.9.